The molecule has 2 rings (SSSR count). The molecule has 2 atom stereocenters. The monoisotopic (exact) mass is 304 g/mol. The van der Waals surface area contributed by atoms with E-state index in [9.17, 15) is 4.79 Å². The molecule has 0 aliphatic heterocycles. The van der Waals surface area contributed by atoms with Gasteiger partial charge in [-0.05, 0) is 48.8 Å². The highest BCUT2D eigenvalue weighted by atomic mass is 16.5. The topological polar surface area (TPSA) is 64.3 Å². The highest BCUT2D eigenvalue weighted by molar-refractivity contribution is 5.81. The average Bonchev–Trinajstić information content (AvgIpc) is 3.28. The summed E-state index contributed by atoms with van der Waals surface area (Å²) in [7, 11) is 0. The van der Waals surface area contributed by atoms with Crippen molar-refractivity contribution in [2.24, 2.45) is 11.7 Å². The van der Waals surface area contributed by atoms with E-state index in [1.807, 2.05) is 18.2 Å². The third kappa shape index (κ3) is 4.47. The Bertz CT molecular complexity index is 518. The molecule has 0 spiro atoms. The highest BCUT2D eigenvalue weighted by Gasteiger charge is 2.32. The van der Waals surface area contributed by atoms with Crippen LogP contribution in [0.1, 0.15) is 46.1 Å². The van der Waals surface area contributed by atoms with Crippen molar-refractivity contribution in [2.75, 3.05) is 6.54 Å². The maximum absolute atomic E-state index is 12.2. The SMILES string of the molecule is CC(Oc1cccc(C(C)(C)C)c1)C(=O)NC(CN)C1CC1. The van der Waals surface area contributed by atoms with E-state index in [0.29, 0.717) is 12.5 Å². The van der Waals surface area contributed by atoms with Gasteiger partial charge in [0.05, 0.1) is 0 Å². The van der Waals surface area contributed by atoms with Crippen LogP contribution in [0.4, 0.5) is 0 Å². The van der Waals surface area contributed by atoms with Gasteiger partial charge in [-0.2, -0.15) is 0 Å². The molecule has 1 aromatic carbocycles. The van der Waals surface area contributed by atoms with Crippen molar-refractivity contribution in [3.8, 4) is 5.75 Å². The van der Waals surface area contributed by atoms with Gasteiger partial charge < -0.3 is 15.8 Å². The molecule has 1 saturated carbocycles. The average molecular weight is 304 g/mol. The van der Waals surface area contributed by atoms with Crippen LogP contribution in [-0.4, -0.2) is 24.6 Å². The lowest BCUT2D eigenvalue weighted by molar-refractivity contribution is -0.128. The number of rotatable bonds is 6. The van der Waals surface area contributed by atoms with Gasteiger partial charge in [-0.3, -0.25) is 4.79 Å². The Kier molecular flexibility index (Phi) is 5.12. The van der Waals surface area contributed by atoms with Crippen LogP contribution in [0.5, 0.6) is 5.75 Å². The second kappa shape index (κ2) is 6.69. The van der Waals surface area contributed by atoms with Crippen LogP contribution >= 0.6 is 0 Å². The van der Waals surface area contributed by atoms with Gasteiger partial charge in [-0.1, -0.05) is 32.9 Å². The van der Waals surface area contributed by atoms with Crippen molar-refractivity contribution in [2.45, 2.75) is 58.1 Å². The number of benzene rings is 1. The fourth-order valence-corrected chi connectivity index (χ4v) is 2.46. The Hall–Kier alpha value is -1.55. The normalized spacial score (nSPS) is 17.7. The number of nitrogens with one attached hydrogen (secondary N) is 1. The predicted octanol–water partition coefficient (Wildman–Crippen LogP) is 2.60. The second-order valence-electron chi connectivity index (χ2n) is 7.23. The highest BCUT2D eigenvalue weighted by Crippen LogP contribution is 2.32. The Labute approximate surface area is 133 Å². The third-order valence-electron chi connectivity index (χ3n) is 4.15. The first-order chi connectivity index (χ1) is 10.3. The van der Waals surface area contributed by atoms with Gasteiger partial charge in [0.1, 0.15) is 5.75 Å². The first kappa shape index (κ1) is 16.8. The molecule has 1 aromatic rings. The Morgan fingerprint density at radius 3 is 2.64 bits per heavy atom. The molecule has 3 N–H and O–H groups in total. The smallest absolute Gasteiger partial charge is 0.261 e. The summed E-state index contributed by atoms with van der Waals surface area (Å²) in [4.78, 5) is 12.2. The van der Waals surface area contributed by atoms with Gasteiger partial charge in [0.25, 0.3) is 5.91 Å². The van der Waals surface area contributed by atoms with E-state index >= 15 is 0 Å². The molecule has 22 heavy (non-hydrogen) atoms. The lowest BCUT2D eigenvalue weighted by atomic mass is 9.87. The molecular formula is C18H28N2O2. The van der Waals surface area contributed by atoms with Crippen LogP contribution in [0.2, 0.25) is 0 Å². The summed E-state index contributed by atoms with van der Waals surface area (Å²) in [6.45, 7) is 8.74. The predicted molar refractivity (Wildman–Crippen MR) is 88.9 cm³/mol. The summed E-state index contributed by atoms with van der Waals surface area (Å²) >= 11 is 0. The molecule has 122 valence electrons. The molecule has 4 nitrogen and oxygen atoms in total. The number of nitrogens with two attached hydrogens (primary N) is 1. The van der Waals surface area contributed by atoms with Gasteiger partial charge in [0, 0.05) is 12.6 Å². The Balaban J connectivity index is 1.96. The molecule has 1 fully saturated rings. The van der Waals surface area contributed by atoms with Gasteiger partial charge >= 0.3 is 0 Å². The summed E-state index contributed by atoms with van der Waals surface area (Å²) in [6, 6.07) is 8.02. The van der Waals surface area contributed by atoms with Crippen LogP contribution in [-0.2, 0) is 10.2 Å². The largest absolute Gasteiger partial charge is 0.481 e. The molecule has 0 aromatic heterocycles. The van der Waals surface area contributed by atoms with Crippen molar-refractivity contribution < 1.29 is 9.53 Å². The van der Waals surface area contributed by atoms with Crippen molar-refractivity contribution in [3.05, 3.63) is 29.8 Å². The number of ether oxygens (including phenoxy) is 1. The zero-order chi connectivity index (χ0) is 16.3. The lowest BCUT2D eigenvalue weighted by Gasteiger charge is -2.22. The molecule has 1 aliphatic carbocycles. The quantitative estimate of drug-likeness (QED) is 0.849. The zero-order valence-electron chi connectivity index (χ0n) is 14.1. The minimum atomic E-state index is -0.525. The second-order valence-corrected chi connectivity index (χ2v) is 7.23. The Morgan fingerprint density at radius 2 is 2.09 bits per heavy atom. The van der Waals surface area contributed by atoms with Gasteiger partial charge in [-0.25, -0.2) is 0 Å². The van der Waals surface area contributed by atoms with Crippen LogP contribution in [0.25, 0.3) is 0 Å². The summed E-state index contributed by atoms with van der Waals surface area (Å²) < 4.78 is 5.80. The molecule has 0 saturated heterocycles. The van der Waals surface area contributed by atoms with Crippen molar-refractivity contribution >= 4 is 5.91 Å². The molecule has 0 radical (unpaired) electrons. The maximum atomic E-state index is 12.2. The van der Waals surface area contributed by atoms with E-state index in [1.165, 1.54) is 5.56 Å². The minimum Gasteiger partial charge on any atom is -0.481 e. The molecule has 1 aliphatic rings. The number of amides is 1. The van der Waals surface area contributed by atoms with Crippen LogP contribution in [0.15, 0.2) is 24.3 Å². The summed E-state index contributed by atoms with van der Waals surface area (Å²) in [5, 5.41) is 3.00. The lowest BCUT2D eigenvalue weighted by Crippen LogP contribution is -2.46. The minimum absolute atomic E-state index is 0.0570. The summed E-state index contributed by atoms with van der Waals surface area (Å²) in [6.07, 6.45) is 1.79. The van der Waals surface area contributed by atoms with Gasteiger partial charge in [-0.15, -0.1) is 0 Å². The van der Waals surface area contributed by atoms with Crippen molar-refractivity contribution in [3.63, 3.8) is 0 Å². The van der Waals surface area contributed by atoms with Crippen LogP contribution in [0.3, 0.4) is 0 Å². The van der Waals surface area contributed by atoms with E-state index in [-0.39, 0.29) is 17.4 Å². The number of hydrogen-bond donors (Lipinski definition) is 2. The summed E-state index contributed by atoms with van der Waals surface area (Å²) in [5.41, 5.74) is 6.97. The molecule has 4 heteroatoms. The first-order valence-electron chi connectivity index (χ1n) is 8.09. The first-order valence-corrected chi connectivity index (χ1v) is 8.09. The van der Waals surface area contributed by atoms with E-state index in [0.717, 1.165) is 18.6 Å². The molecule has 0 heterocycles. The zero-order valence-corrected chi connectivity index (χ0v) is 14.1. The van der Waals surface area contributed by atoms with Crippen molar-refractivity contribution in [1.29, 1.82) is 0 Å². The number of carbonyl (C=O) groups is 1. The Morgan fingerprint density at radius 1 is 1.41 bits per heavy atom. The molecule has 2 unspecified atom stereocenters. The van der Waals surface area contributed by atoms with Crippen LogP contribution in [0, 0.1) is 5.92 Å². The van der Waals surface area contributed by atoms with E-state index < -0.39 is 6.10 Å². The fourth-order valence-electron chi connectivity index (χ4n) is 2.46. The van der Waals surface area contributed by atoms with Gasteiger partial charge in [0.15, 0.2) is 6.10 Å². The molecule has 0 bridgehead atoms. The molecular weight excluding hydrogens is 276 g/mol. The van der Waals surface area contributed by atoms with E-state index in [2.05, 4.69) is 32.2 Å². The summed E-state index contributed by atoms with van der Waals surface area (Å²) in [5.74, 6) is 1.18. The number of carbonyl (C=O) groups excluding carboxylic acids is 1. The fraction of sp³-hybridized carbons (Fsp3) is 0.611. The number of hydrogen-bond acceptors (Lipinski definition) is 3. The van der Waals surface area contributed by atoms with E-state index in [1.54, 1.807) is 6.92 Å². The third-order valence-corrected chi connectivity index (χ3v) is 4.15. The van der Waals surface area contributed by atoms with E-state index in [4.69, 9.17) is 10.5 Å². The standard InChI is InChI=1S/C18H28N2O2/c1-12(17(21)20-16(11-19)13-8-9-13)22-15-7-5-6-14(10-15)18(2,3)4/h5-7,10,12-13,16H,8-9,11,19H2,1-4H3,(H,20,21). The maximum Gasteiger partial charge on any atom is 0.261 e. The van der Waals surface area contributed by atoms with Crippen molar-refractivity contribution in [1.82, 2.24) is 5.32 Å². The van der Waals surface area contributed by atoms with Crippen LogP contribution < -0.4 is 15.8 Å². The van der Waals surface area contributed by atoms with Gasteiger partial charge in [0.2, 0.25) is 0 Å². The molecule has 1 amide bonds.